The van der Waals surface area contributed by atoms with E-state index in [-0.39, 0.29) is 48.3 Å². The molecule has 10 nitrogen and oxygen atoms in total. The lowest BCUT2D eigenvalue weighted by Crippen LogP contribution is -2.56. The molecule has 0 radical (unpaired) electrons. The Bertz CT molecular complexity index is 1600. The highest BCUT2D eigenvalue weighted by atomic mass is 79.9. The van der Waals surface area contributed by atoms with E-state index in [0.29, 0.717) is 30.3 Å². The summed E-state index contributed by atoms with van der Waals surface area (Å²) in [6, 6.07) is 15.0. The Hall–Kier alpha value is -3.48. The second-order valence-electron chi connectivity index (χ2n) is 11.7. The van der Waals surface area contributed by atoms with Crippen molar-refractivity contribution in [1.29, 1.82) is 0 Å². The number of esters is 1. The smallest absolute Gasteiger partial charge is 0.310 e. The summed E-state index contributed by atoms with van der Waals surface area (Å²) in [4.78, 5) is 46.3. The van der Waals surface area contributed by atoms with E-state index in [1.54, 1.807) is 26.6 Å². The fourth-order valence-corrected chi connectivity index (χ4v) is 10.8. The molecule has 12 heteroatoms. The van der Waals surface area contributed by atoms with Crippen LogP contribution in [-0.4, -0.2) is 88.3 Å². The van der Waals surface area contributed by atoms with Crippen LogP contribution in [-0.2, 0) is 25.8 Å². The lowest BCUT2D eigenvalue weighted by atomic mass is 9.71. The average Bonchev–Trinajstić information content (AvgIpc) is 3.77. The second-order valence-corrected chi connectivity index (χ2v) is 14.4. The Morgan fingerprint density at radius 2 is 1.93 bits per heavy atom. The summed E-state index contributed by atoms with van der Waals surface area (Å²) in [7, 11) is 0. The van der Waals surface area contributed by atoms with Gasteiger partial charge in [-0.3, -0.25) is 14.4 Å². The van der Waals surface area contributed by atoms with Crippen LogP contribution in [0.25, 0.3) is 11.0 Å². The molecular weight excluding hydrogens is 658 g/mol. The minimum atomic E-state index is -0.962. The zero-order valence-corrected chi connectivity index (χ0v) is 27.2. The molecule has 236 valence electrons. The number of unbranched alkanes of at least 4 members (excludes halogenated alkanes) is 1. The molecule has 3 aliphatic heterocycles. The molecule has 4 heterocycles. The number of allylic oxidation sites excluding steroid dienone is 1. The average molecular weight is 695 g/mol. The van der Waals surface area contributed by atoms with Gasteiger partial charge >= 0.3 is 5.97 Å². The highest BCUT2D eigenvalue weighted by Crippen LogP contribution is 2.68. The summed E-state index contributed by atoms with van der Waals surface area (Å²) in [5.41, 5.74) is 2.17. The van der Waals surface area contributed by atoms with Crippen LogP contribution in [0, 0.1) is 11.8 Å². The zero-order valence-electron chi connectivity index (χ0n) is 24.8. The number of ether oxygens (including phenoxy) is 1. The molecule has 1 aromatic heterocycles. The predicted octanol–water partition coefficient (Wildman–Crippen LogP) is 4.11. The number of aromatic nitrogens is 3. The number of carbonyl (C=O) groups excluding carboxylic acids is 3. The Morgan fingerprint density at radius 1 is 1.18 bits per heavy atom. The number of fused-ring (bicyclic) bond motifs is 2. The Morgan fingerprint density at radius 3 is 2.67 bits per heavy atom. The number of halogens is 1. The minimum absolute atomic E-state index is 0.0837. The van der Waals surface area contributed by atoms with Crippen molar-refractivity contribution in [2.75, 3.05) is 19.8 Å². The third-order valence-electron chi connectivity index (χ3n) is 9.11. The first kappa shape index (κ1) is 31.5. The molecular formula is C33H36BrN5O5S. The predicted molar refractivity (Wildman–Crippen MR) is 175 cm³/mol. The van der Waals surface area contributed by atoms with Crippen LogP contribution in [0.4, 0.5) is 0 Å². The van der Waals surface area contributed by atoms with Crippen molar-refractivity contribution in [2.24, 2.45) is 11.8 Å². The van der Waals surface area contributed by atoms with Gasteiger partial charge in [-0.2, -0.15) is 0 Å². The number of alkyl halides is 1. The molecule has 3 aromatic rings. The number of carbonyl (C=O) groups is 3. The second kappa shape index (κ2) is 13.1. The topological polar surface area (TPSA) is 118 Å². The van der Waals surface area contributed by atoms with Crippen molar-refractivity contribution in [3.05, 3.63) is 85.5 Å². The first-order valence-corrected chi connectivity index (χ1v) is 16.9. The van der Waals surface area contributed by atoms with Crippen molar-refractivity contribution in [3.8, 4) is 0 Å². The fourth-order valence-electron chi connectivity index (χ4n) is 7.21. The van der Waals surface area contributed by atoms with Crippen molar-refractivity contribution in [2.45, 2.75) is 52.8 Å². The number of aliphatic hydroxyl groups excluding tert-OH is 1. The van der Waals surface area contributed by atoms with Gasteiger partial charge in [-0.15, -0.1) is 30.0 Å². The summed E-state index contributed by atoms with van der Waals surface area (Å²) < 4.78 is 6.46. The molecule has 0 aliphatic carbocycles. The molecule has 7 atom stereocenters. The van der Waals surface area contributed by atoms with E-state index in [0.717, 1.165) is 5.52 Å². The third kappa shape index (κ3) is 5.40. The Labute approximate surface area is 274 Å². The number of para-hydroxylation sites is 1. The minimum Gasteiger partial charge on any atom is -0.465 e. The van der Waals surface area contributed by atoms with Gasteiger partial charge in [0.1, 0.15) is 18.2 Å². The van der Waals surface area contributed by atoms with Crippen molar-refractivity contribution in [1.82, 2.24) is 24.8 Å². The number of hydrogen-bond donors (Lipinski definition) is 1. The van der Waals surface area contributed by atoms with Crippen molar-refractivity contribution >= 4 is 56.5 Å². The molecule has 0 saturated carbocycles. The first-order chi connectivity index (χ1) is 21.9. The van der Waals surface area contributed by atoms with Crippen LogP contribution in [0.5, 0.6) is 0 Å². The van der Waals surface area contributed by atoms with Gasteiger partial charge in [-0.1, -0.05) is 75.8 Å². The van der Waals surface area contributed by atoms with E-state index in [1.165, 1.54) is 11.8 Å². The molecule has 3 aliphatic rings. The maximum Gasteiger partial charge on any atom is 0.310 e. The van der Waals surface area contributed by atoms with Crippen LogP contribution in [0.15, 0.2) is 79.9 Å². The number of benzene rings is 2. The summed E-state index contributed by atoms with van der Waals surface area (Å²) in [5.74, 6) is -2.55. The number of aliphatic hydroxyl groups is 1. The number of amides is 2. The summed E-state index contributed by atoms with van der Waals surface area (Å²) in [5, 5.41) is 19.1. The fraction of sp³-hybridized carbons (Fsp3) is 0.424. The quantitative estimate of drug-likeness (QED) is 0.123. The molecule has 2 amide bonds. The molecule has 3 saturated heterocycles. The highest BCUT2D eigenvalue weighted by molar-refractivity contribution is 9.09. The van der Waals surface area contributed by atoms with Gasteiger partial charge in [0.25, 0.3) is 0 Å². The molecule has 1 N–H and O–H groups in total. The molecule has 2 bridgehead atoms. The van der Waals surface area contributed by atoms with Gasteiger partial charge in [0.05, 0.1) is 41.4 Å². The van der Waals surface area contributed by atoms with Gasteiger partial charge < -0.3 is 19.6 Å². The molecule has 1 spiro atoms. The Balaban J connectivity index is 1.41. The molecule has 6 rings (SSSR count). The summed E-state index contributed by atoms with van der Waals surface area (Å²) >= 11 is 5.34. The van der Waals surface area contributed by atoms with E-state index in [9.17, 15) is 19.5 Å². The summed E-state index contributed by atoms with van der Waals surface area (Å²) in [6.45, 7) is 7.74. The monoisotopic (exact) mass is 693 g/mol. The van der Waals surface area contributed by atoms with E-state index in [1.807, 2.05) is 54.6 Å². The number of likely N-dealkylation sites (tertiary alicyclic amines) is 1. The maximum absolute atomic E-state index is 14.9. The number of nitrogens with zero attached hydrogens (tertiary/aromatic N) is 5. The van der Waals surface area contributed by atoms with Crippen molar-refractivity contribution < 1.29 is 24.2 Å². The number of rotatable bonds is 13. The number of hydrogen-bond acceptors (Lipinski definition) is 8. The normalized spacial score (nSPS) is 27.4. The number of thioether (sulfide) groups is 1. The van der Waals surface area contributed by atoms with Crippen molar-refractivity contribution in [3.63, 3.8) is 0 Å². The van der Waals surface area contributed by atoms with E-state index >= 15 is 0 Å². The first-order valence-electron chi connectivity index (χ1n) is 15.1. The molecule has 3 fully saturated rings. The van der Waals surface area contributed by atoms with E-state index in [4.69, 9.17) is 4.74 Å². The molecule has 45 heavy (non-hydrogen) atoms. The van der Waals surface area contributed by atoms with Crippen LogP contribution in [0.1, 0.15) is 30.9 Å². The van der Waals surface area contributed by atoms with Gasteiger partial charge in [0, 0.05) is 16.6 Å². The summed E-state index contributed by atoms with van der Waals surface area (Å²) in [6.07, 6.45) is 5.28. The van der Waals surface area contributed by atoms with Crippen LogP contribution >= 0.6 is 27.7 Å². The Kier molecular flexibility index (Phi) is 9.17. The van der Waals surface area contributed by atoms with E-state index < -0.39 is 34.6 Å². The van der Waals surface area contributed by atoms with Gasteiger partial charge in [0.15, 0.2) is 0 Å². The maximum atomic E-state index is 14.9. The van der Waals surface area contributed by atoms with Gasteiger partial charge in [0.2, 0.25) is 11.8 Å². The SMILES string of the molecule is C=CCCCOC(=O)[C@H]1[C@@H]2SC3(CC2Br)C(C(=O)N(CC=C)Cn2nnc4ccccc42)N([C@H](CO)c2ccccc2)C(=O)[C@H]13. The third-order valence-corrected chi connectivity index (χ3v) is 12.3. The lowest BCUT2D eigenvalue weighted by molar-refractivity contribution is -0.154. The van der Waals surface area contributed by atoms with Crippen LogP contribution < -0.4 is 0 Å². The zero-order chi connectivity index (χ0) is 31.7. The van der Waals surface area contributed by atoms with E-state index in [2.05, 4.69) is 39.4 Å². The highest BCUT2D eigenvalue weighted by Gasteiger charge is 2.76. The van der Waals surface area contributed by atoms with Crippen LogP contribution in [0.2, 0.25) is 0 Å². The largest absolute Gasteiger partial charge is 0.465 e. The standard InChI is InChI=1S/C33H36BrN5O5S/c1-3-5-11-17-44-32(43)26-27-30(41)39(25(19-40)21-12-7-6-8-13-21)29(33(27)18-22(34)28(26)45-33)31(42)37(16-4-2)20-38-24-15-10-9-14-23(24)35-36-38/h3-4,6-10,12-15,22,25-29,40H,1-2,5,11,16-20H2/t22?,25-,26-,27+,28-,29?,33?/m1/s1. The van der Waals surface area contributed by atoms with Gasteiger partial charge in [-0.25, -0.2) is 4.68 Å². The molecule has 2 aromatic carbocycles. The van der Waals surface area contributed by atoms with Crippen LogP contribution in [0.3, 0.4) is 0 Å². The van der Waals surface area contributed by atoms with Gasteiger partial charge in [-0.05, 0) is 37.0 Å². The molecule has 3 unspecified atom stereocenters. The lowest BCUT2D eigenvalue weighted by Gasteiger charge is -2.40.